The zero-order chi connectivity index (χ0) is 15.5. The highest BCUT2D eigenvalue weighted by atomic mass is 16.5. The average Bonchev–Trinajstić information content (AvgIpc) is 2.82. The van der Waals surface area contributed by atoms with Gasteiger partial charge in [-0.3, -0.25) is 4.79 Å². The summed E-state index contributed by atoms with van der Waals surface area (Å²) < 4.78 is 5.89. The van der Waals surface area contributed by atoms with Gasteiger partial charge in [0.05, 0.1) is 5.41 Å². The van der Waals surface area contributed by atoms with Crippen molar-refractivity contribution in [3.8, 4) is 11.5 Å². The summed E-state index contributed by atoms with van der Waals surface area (Å²) in [5, 5.41) is 10.0. The summed E-state index contributed by atoms with van der Waals surface area (Å²) in [4.78, 5) is 12.2. The van der Waals surface area contributed by atoms with Gasteiger partial charge in [-0.2, -0.15) is 0 Å². The van der Waals surface area contributed by atoms with Gasteiger partial charge in [-0.25, -0.2) is 0 Å². The highest BCUT2D eigenvalue weighted by Crippen LogP contribution is 2.53. The van der Waals surface area contributed by atoms with Crippen molar-refractivity contribution in [1.29, 1.82) is 0 Å². The summed E-state index contributed by atoms with van der Waals surface area (Å²) in [5.74, 6) is 1.41. The third-order valence-electron chi connectivity index (χ3n) is 5.52. The molecule has 0 fully saturated rings. The van der Waals surface area contributed by atoms with Crippen LogP contribution in [0.15, 0.2) is 29.4 Å². The minimum atomic E-state index is -0.315. The van der Waals surface area contributed by atoms with E-state index in [1.807, 2.05) is 6.92 Å². The molecule has 0 spiro atoms. The Bertz CT molecular complexity index is 754. The van der Waals surface area contributed by atoms with Gasteiger partial charge >= 0.3 is 0 Å². The minimum Gasteiger partial charge on any atom is -0.508 e. The van der Waals surface area contributed by atoms with Crippen molar-refractivity contribution in [2.24, 2.45) is 5.41 Å². The highest BCUT2D eigenvalue weighted by molar-refractivity contribution is 5.96. The van der Waals surface area contributed by atoms with E-state index in [9.17, 15) is 9.90 Å². The van der Waals surface area contributed by atoms with E-state index in [-0.39, 0.29) is 5.41 Å². The molecule has 0 amide bonds. The number of Topliss-reactive ketones (excluding diaryl/α,β-unsaturated/α-hetero) is 1. The Morgan fingerprint density at radius 3 is 2.91 bits per heavy atom. The van der Waals surface area contributed by atoms with E-state index in [2.05, 4.69) is 19.1 Å². The number of carbonyl (C=O) groups is 1. The molecule has 0 saturated heterocycles. The molecule has 3 heteroatoms. The Morgan fingerprint density at radius 2 is 2.14 bits per heavy atom. The van der Waals surface area contributed by atoms with Crippen molar-refractivity contribution in [3.63, 3.8) is 0 Å². The van der Waals surface area contributed by atoms with Crippen LogP contribution in [-0.2, 0) is 11.2 Å². The molecule has 0 unspecified atom stereocenters. The smallest absolute Gasteiger partial charge is 0.146 e. The standard InChI is InChI=1S/C19H20O3/c1-3-11-8-13-12-6-7-19(2)15(4-5-18(19)21)14(12)10-22-17(13)9-16(11)20/h4,8-9,20H,3,5-7,10H2,1-2H3/t19-/m0/s1. The summed E-state index contributed by atoms with van der Waals surface area (Å²) in [7, 11) is 0. The van der Waals surface area contributed by atoms with Crippen LogP contribution in [0.25, 0.3) is 5.57 Å². The lowest BCUT2D eigenvalue weighted by molar-refractivity contribution is -0.124. The number of ketones is 1. The lowest BCUT2D eigenvalue weighted by Gasteiger charge is -2.37. The molecular formula is C19H20O3. The zero-order valence-electron chi connectivity index (χ0n) is 13.0. The third-order valence-corrected chi connectivity index (χ3v) is 5.52. The van der Waals surface area contributed by atoms with Crippen LogP contribution in [0, 0.1) is 5.41 Å². The average molecular weight is 296 g/mol. The molecule has 1 aromatic rings. The number of hydrogen-bond acceptors (Lipinski definition) is 3. The maximum Gasteiger partial charge on any atom is 0.146 e. The van der Waals surface area contributed by atoms with Crippen molar-refractivity contribution < 1.29 is 14.6 Å². The number of rotatable bonds is 1. The molecule has 0 radical (unpaired) electrons. The van der Waals surface area contributed by atoms with Gasteiger partial charge in [-0.05, 0) is 54.5 Å². The highest BCUT2D eigenvalue weighted by Gasteiger charge is 2.46. The van der Waals surface area contributed by atoms with Crippen molar-refractivity contribution in [1.82, 2.24) is 0 Å². The molecule has 0 aromatic heterocycles. The fraction of sp³-hybridized carbons (Fsp3) is 0.421. The molecular weight excluding hydrogens is 276 g/mol. The van der Waals surface area contributed by atoms with Crippen LogP contribution >= 0.6 is 0 Å². The number of benzene rings is 1. The molecule has 3 aliphatic rings. The number of aryl methyl sites for hydroxylation is 1. The minimum absolute atomic E-state index is 0.307. The molecule has 0 saturated carbocycles. The molecule has 22 heavy (non-hydrogen) atoms. The molecule has 2 aliphatic carbocycles. The van der Waals surface area contributed by atoms with E-state index in [1.165, 1.54) is 16.7 Å². The number of phenolic OH excluding ortho intramolecular Hbond substituents is 1. The Balaban J connectivity index is 1.89. The Kier molecular flexibility index (Phi) is 2.77. The second-order valence-corrected chi connectivity index (χ2v) is 6.65. The van der Waals surface area contributed by atoms with Gasteiger partial charge in [-0.15, -0.1) is 0 Å². The van der Waals surface area contributed by atoms with E-state index in [0.717, 1.165) is 36.1 Å². The number of carbonyl (C=O) groups excluding carboxylic acids is 1. The van der Waals surface area contributed by atoms with E-state index >= 15 is 0 Å². The molecule has 1 aliphatic heterocycles. The van der Waals surface area contributed by atoms with E-state index in [1.54, 1.807) is 6.07 Å². The summed E-state index contributed by atoms with van der Waals surface area (Å²) in [6, 6.07) is 3.79. The van der Waals surface area contributed by atoms with Crippen molar-refractivity contribution in [2.45, 2.75) is 39.5 Å². The maximum atomic E-state index is 12.2. The Morgan fingerprint density at radius 1 is 1.32 bits per heavy atom. The molecule has 114 valence electrons. The molecule has 1 atom stereocenters. The summed E-state index contributed by atoms with van der Waals surface area (Å²) in [6.07, 6.45) is 5.20. The van der Waals surface area contributed by atoms with Crippen LogP contribution in [-0.4, -0.2) is 17.5 Å². The maximum absolute atomic E-state index is 12.2. The van der Waals surface area contributed by atoms with Crippen molar-refractivity contribution in [3.05, 3.63) is 40.5 Å². The normalized spacial score (nSPS) is 26.1. The van der Waals surface area contributed by atoms with E-state index in [4.69, 9.17) is 4.74 Å². The van der Waals surface area contributed by atoms with Crippen LogP contribution < -0.4 is 4.74 Å². The SMILES string of the molecule is CCc1cc2c(cc1O)OCC1=C2CC[C@]2(C)C(=O)CC=C12. The van der Waals surface area contributed by atoms with E-state index in [0.29, 0.717) is 24.6 Å². The second-order valence-electron chi connectivity index (χ2n) is 6.65. The lowest BCUT2D eigenvalue weighted by Crippen LogP contribution is -2.32. The van der Waals surface area contributed by atoms with Crippen LogP contribution in [0.5, 0.6) is 11.5 Å². The second kappa shape index (κ2) is 4.48. The number of hydrogen-bond donors (Lipinski definition) is 1. The van der Waals surface area contributed by atoms with Crippen LogP contribution in [0.3, 0.4) is 0 Å². The largest absolute Gasteiger partial charge is 0.508 e. The van der Waals surface area contributed by atoms with Gasteiger partial charge in [0.2, 0.25) is 0 Å². The zero-order valence-corrected chi connectivity index (χ0v) is 13.0. The monoisotopic (exact) mass is 296 g/mol. The number of ether oxygens (including phenoxy) is 1. The van der Waals surface area contributed by atoms with Crippen LogP contribution in [0.2, 0.25) is 0 Å². The van der Waals surface area contributed by atoms with Crippen molar-refractivity contribution in [2.75, 3.05) is 6.61 Å². The number of fused-ring (bicyclic) bond motifs is 4. The predicted molar refractivity (Wildman–Crippen MR) is 84.9 cm³/mol. The van der Waals surface area contributed by atoms with E-state index < -0.39 is 0 Å². The van der Waals surface area contributed by atoms with Gasteiger partial charge in [0, 0.05) is 18.1 Å². The molecule has 3 nitrogen and oxygen atoms in total. The predicted octanol–water partition coefficient (Wildman–Crippen LogP) is 3.80. The number of phenols is 1. The Hall–Kier alpha value is -2.03. The molecule has 4 rings (SSSR count). The van der Waals surface area contributed by atoms with Crippen LogP contribution in [0.1, 0.15) is 44.2 Å². The van der Waals surface area contributed by atoms with Gasteiger partial charge < -0.3 is 9.84 Å². The number of allylic oxidation sites excluding steroid dienone is 2. The quantitative estimate of drug-likeness (QED) is 0.857. The van der Waals surface area contributed by atoms with Crippen molar-refractivity contribution >= 4 is 11.4 Å². The third kappa shape index (κ3) is 1.65. The first-order chi connectivity index (χ1) is 10.5. The lowest BCUT2D eigenvalue weighted by atomic mass is 9.68. The topological polar surface area (TPSA) is 46.5 Å². The summed E-state index contributed by atoms with van der Waals surface area (Å²) in [6.45, 7) is 4.61. The molecule has 1 N–H and O–H groups in total. The number of aromatic hydroxyl groups is 1. The van der Waals surface area contributed by atoms with Crippen LogP contribution in [0.4, 0.5) is 0 Å². The van der Waals surface area contributed by atoms with Gasteiger partial charge in [-0.1, -0.05) is 13.0 Å². The fourth-order valence-corrected chi connectivity index (χ4v) is 4.08. The van der Waals surface area contributed by atoms with Gasteiger partial charge in [0.25, 0.3) is 0 Å². The fourth-order valence-electron chi connectivity index (χ4n) is 4.08. The first-order valence-corrected chi connectivity index (χ1v) is 8.00. The summed E-state index contributed by atoms with van der Waals surface area (Å²) in [5.41, 5.74) is 5.40. The molecule has 0 bridgehead atoms. The molecule has 1 heterocycles. The Labute approximate surface area is 130 Å². The first-order valence-electron chi connectivity index (χ1n) is 8.00. The van der Waals surface area contributed by atoms with Gasteiger partial charge in [0.15, 0.2) is 0 Å². The summed E-state index contributed by atoms with van der Waals surface area (Å²) >= 11 is 0. The van der Waals surface area contributed by atoms with Gasteiger partial charge in [0.1, 0.15) is 23.9 Å². The first kappa shape index (κ1) is 13.6. The molecule has 1 aromatic carbocycles.